The molecule has 0 aliphatic carbocycles. The molecular formula is C18H27N3. The van der Waals surface area contributed by atoms with E-state index in [2.05, 4.69) is 75.3 Å². The molecule has 0 aliphatic heterocycles. The summed E-state index contributed by atoms with van der Waals surface area (Å²) in [5, 5.41) is 6.01. The van der Waals surface area contributed by atoms with E-state index in [1.54, 1.807) is 0 Å². The normalized spacial score (nSPS) is 11.9. The van der Waals surface area contributed by atoms with Crippen molar-refractivity contribution < 1.29 is 0 Å². The summed E-state index contributed by atoms with van der Waals surface area (Å²) in [5.41, 5.74) is 1.20. The molecule has 0 saturated carbocycles. The van der Waals surface area contributed by atoms with E-state index in [-0.39, 0.29) is 5.54 Å². The van der Waals surface area contributed by atoms with Crippen LogP contribution in [0.25, 0.3) is 10.8 Å². The van der Waals surface area contributed by atoms with E-state index in [0.29, 0.717) is 0 Å². The second-order valence-electron chi connectivity index (χ2n) is 6.68. The summed E-state index contributed by atoms with van der Waals surface area (Å²) < 4.78 is 0. The molecule has 0 bridgehead atoms. The van der Waals surface area contributed by atoms with Crippen molar-refractivity contribution in [3.63, 3.8) is 0 Å². The Balaban J connectivity index is 2.39. The maximum absolute atomic E-state index is 4.89. The molecule has 0 spiro atoms. The molecule has 0 atom stereocenters. The average Bonchev–Trinajstić information content (AvgIpc) is 2.43. The first kappa shape index (κ1) is 15.8. The van der Waals surface area contributed by atoms with Crippen LogP contribution in [0.2, 0.25) is 0 Å². The van der Waals surface area contributed by atoms with Crippen LogP contribution in [0.1, 0.15) is 39.8 Å². The van der Waals surface area contributed by atoms with Crippen molar-refractivity contribution >= 4 is 16.6 Å². The molecule has 2 aromatic rings. The lowest BCUT2D eigenvalue weighted by atomic mass is 10.1. The highest BCUT2D eigenvalue weighted by Gasteiger charge is 2.12. The number of fused-ring (bicyclic) bond motifs is 1. The first-order valence-electron chi connectivity index (χ1n) is 7.75. The number of rotatable bonds is 5. The van der Waals surface area contributed by atoms with Gasteiger partial charge in [0, 0.05) is 31.1 Å². The van der Waals surface area contributed by atoms with E-state index in [4.69, 9.17) is 4.98 Å². The van der Waals surface area contributed by atoms with Gasteiger partial charge in [0.25, 0.3) is 0 Å². The molecule has 1 N–H and O–H groups in total. The largest absolute Gasteiger partial charge is 0.359 e. The smallest absolute Gasteiger partial charge is 0.136 e. The highest BCUT2D eigenvalue weighted by atomic mass is 15.2. The molecule has 3 heteroatoms. The van der Waals surface area contributed by atoms with Crippen LogP contribution in [0.4, 0.5) is 5.82 Å². The Kier molecular flexibility index (Phi) is 4.84. The molecule has 114 valence electrons. The van der Waals surface area contributed by atoms with Crippen molar-refractivity contribution in [2.45, 2.75) is 46.2 Å². The highest BCUT2D eigenvalue weighted by molar-refractivity contribution is 5.92. The summed E-state index contributed by atoms with van der Waals surface area (Å²) >= 11 is 0. The minimum Gasteiger partial charge on any atom is -0.359 e. The minimum atomic E-state index is 0.100. The van der Waals surface area contributed by atoms with Gasteiger partial charge in [-0.3, -0.25) is 0 Å². The van der Waals surface area contributed by atoms with Crippen LogP contribution in [0.3, 0.4) is 0 Å². The summed E-state index contributed by atoms with van der Waals surface area (Å²) in [6, 6.07) is 10.7. The number of hydrogen-bond donors (Lipinski definition) is 1. The molecule has 1 aromatic carbocycles. The first-order chi connectivity index (χ1) is 9.90. The van der Waals surface area contributed by atoms with Crippen molar-refractivity contribution in [2.75, 3.05) is 18.5 Å². The third kappa shape index (κ3) is 4.18. The monoisotopic (exact) mass is 285 g/mol. The third-order valence-electron chi connectivity index (χ3n) is 3.49. The van der Waals surface area contributed by atoms with Crippen LogP contribution in [0.5, 0.6) is 0 Å². The van der Waals surface area contributed by atoms with Crippen LogP contribution in [-0.2, 0) is 6.54 Å². The Morgan fingerprint density at radius 1 is 1.19 bits per heavy atom. The molecule has 0 radical (unpaired) electrons. The Bertz CT molecular complexity index is 599. The summed E-state index contributed by atoms with van der Waals surface area (Å²) in [6.07, 6.45) is 1.12. The van der Waals surface area contributed by atoms with Gasteiger partial charge in [0.05, 0.1) is 5.69 Å². The fourth-order valence-electron chi connectivity index (χ4n) is 2.41. The summed E-state index contributed by atoms with van der Waals surface area (Å²) in [7, 11) is 2.12. The Morgan fingerprint density at radius 3 is 2.57 bits per heavy atom. The third-order valence-corrected chi connectivity index (χ3v) is 3.49. The predicted octanol–water partition coefficient (Wildman–Crippen LogP) is 3.97. The SMILES string of the molecule is CCCN(C)c1nc(CNC(C)(C)C)cc2ccccc12. The van der Waals surface area contributed by atoms with Gasteiger partial charge in [0.1, 0.15) is 5.82 Å². The average molecular weight is 285 g/mol. The Labute approximate surface area is 128 Å². The predicted molar refractivity (Wildman–Crippen MR) is 91.9 cm³/mol. The zero-order valence-corrected chi connectivity index (χ0v) is 13.9. The maximum Gasteiger partial charge on any atom is 0.136 e. The van der Waals surface area contributed by atoms with Gasteiger partial charge in [-0.25, -0.2) is 4.98 Å². The van der Waals surface area contributed by atoms with Gasteiger partial charge in [-0.1, -0.05) is 31.2 Å². The molecule has 0 unspecified atom stereocenters. The van der Waals surface area contributed by atoms with Crippen LogP contribution in [0, 0.1) is 0 Å². The Morgan fingerprint density at radius 2 is 1.90 bits per heavy atom. The zero-order chi connectivity index (χ0) is 15.5. The zero-order valence-electron chi connectivity index (χ0n) is 13.9. The van der Waals surface area contributed by atoms with E-state index in [9.17, 15) is 0 Å². The number of hydrogen-bond acceptors (Lipinski definition) is 3. The van der Waals surface area contributed by atoms with Crippen LogP contribution >= 0.6 is 0 Å². The number of nitrogens with one attached hydrogen (secondary N) is 1. The molecule has 0 saturated heterocycles. The summed E-state index contributed by atoms with van der Waals surface area (Å²) in [4.78, 5) is 7.14. The molecule has 0 amide bonds. The lowest BCUT2D eigenvalue weighted by molar-refractivity contribution is 0.421. The lowest BCUT2D eigenvalue weighted by Gasteiger charge is -2.23. The van der Waals surface area contributed by atoms with Gasteiger partial charge < -0.3 is 10.2 Å². The van der Waals surface area contributed by atoms with Crippen molar-refractivity contribution in [3.8, 4) is 0 Å². The fraction of sp³-hybridized carbons (Fsp3) is 0.500. The van der Waals surface area contributed by atoms with Crippen molar-refractivity contribution in [2.24, 2.45) is 0 Å². The molecule has 0 aliphatic rings. The molecule has 2 rings (SSSR count). The fourth-order valence-corrected chi connectivity index (χ4v) is 2.41. The minimum absolute atomic E-state index is 0.100. The van der Waals surface area contributed by atoms with Gasteiger partial charge >= 0.3 is 0 Å². The van der Waals surface area contributed by atoms with E-state index >= 15 is 0 Å². The van der Waals surface area contributed by atoms with E-state index in [0.717, 1.165) is 31.0 Å². The van der Waals surface area contributed by atoms with Gasteiger partial charge in [-0.15, -0.1) is 0 Å². The van der Waals surface area contributed by atoms with E-state index < -0.39 is 0 Å². The summed E-state index contributed by atoms with van der Waals surface area (Å²) in [5.74, 6) is 1.08. The second kappa shape index (κ2) is 6.44. The molecular weight excluding hydrogens is 258 g/mol. The molecule has 21 heavy (non-hydrogen) atoms. The van der Waals surface area contributed by atoms with Crippen LogP contribution in [-0.4, -0.2) is 24.1 Å². The van der Waals surface area contributed by atoms with Crippen molar-refractivity contribution in [1.29, 1.82) is 0 Å². The van der Waals surface area contributed by atoms with Gasteiger partial charge in [0.2, 0.25) is 0 Å². The van der Waals surface area contributed by atoms with Crippen LogP contribution < -0.4 is 10.2 Å². The molecule has 1 heterocycles. The molecule has 3 nitrogen and oxygen atoms in total. The topological polar surface area (TPSA) is 28.2 Å². The summed E-state index contributed by atoms with van der Waals surface area (Å²) in [6.45, 7) is 10.5. The molecule has 0 fully saturated rings. The second-order valence-corrected chi connectivity index (χ2v) is 6.68. The standard InChI is InChI=1S/C18H27N3/c1-6-11-21(5)17-16-10-8-7-9-14(16)12-15(20-17)13-19-18(2,3)4/h7-10,12,19H,6,11,13H2,1-5H3. The first-order valence-corrected chi connectivity index (χ1v) is 7.75. The lowest BCUT2D eigenvalue weighted by Crippen LogP contribution is -2.35. The van der Waals surface area contributed by atoms with Crippen molar-refractivity contribution in [3.05, 3.63) is 36.0 Å². The number of benzene rings is 1. The van der Waals surface area contributed by atoms with Gasteiger partial charge in [-0.2, -0.15) is 0 Å². The van der Waals surface area contributed by atoms with Gasteiger partial charge in [0.15, 0.2) is 0 Å². The Hall–Kier alpha value is -1.61. The number of pyridine rings is 1. The number of nitrogens with zero attached hydrogens (tertiary/aromatic N) is 2. The molecule has 1 aromatic heterocycles. The highest BCUT2D eigenvalue weighted by Crippen LogP contribution is 2.25. The number of anilines is 1. The quantitative estimate of drug-likeness (QED) is 0.901. The van der Waals surface area contributed by atoms with Crippen molar-refractivity contribution in [1.82, 2.24) is 10.3 Å². The number of aromatic nitrogens is 1. The maximum atomic E-state index is 4.89. The van der Waals surface area contributed by atoms with E-state index in [1.807, 2.05) is 0 Å². The van der Waals surface area contributed by atoms with Crippen LogP contribution in [0.15, 0.2) is 30.3 Å². The van der Waals surface area contributed by atoms with E-state index in [1.165, 1.54) is 10.8 Å². The van der Waals surface area contributed by atoms with Gasteiger partial charge in [-0.05, 0) is 38.6 Å².